The molecule has 3 nitrogen and oxygen atoms in total. The van der Waals surface area contributed by atoms with Crippen LogP contribution in [0.1, 0.15) is 0 Å². The molecule has 2 rings (SSSR count). The van der Waals surface area contributed by atoms with Gasteiger partial charge >= 0.3 is 111 Å². The fraction of sp³-hybridized carbons (Fsp3) is 0.0833. The molecule has 0 atom stereocenters. The molecule has 0 unspecified atom stereocenters. The molecular formula is C12H12N2OSSe. The van der Waals surface area contributed by atoms with E-state index in [4.69, 9.17) is 22.7 Å². The van der Waals surface area contributed by atoms with Crippen molar-refractivity contribution in [3.63, 3.8) is 0 Å². The number of hydrogen-bond acceptors (Lipinski definition) is 2. The molecule has 3 N–H and O–H groups in total. The molecule has 0 fully saturated rings. The molecule has 1 heterocycles. The second-order valence-electron chi connectivity index (χ2n) is 3.42. The van der Waals surface area contributed by atoms with Crippen molar-refractivity contribution in [2.24, 2.45) is 5.73 Å². The number of thiocarbonyl (C=S) groups is 1. The molecule has 0 saturated heterocycles. The summed E-state index contributed by atoms with van der Waals surface area (Å²) in [4.78, 5) is 2.13. The summed E-state index contributed by atoms with van der Waals surface area (Å²) in [5.41, 5.74) is 7.63. The molecule has 0 bridgehead atoms. The van der Waals surface area contributed by atoms with Crippen LogP contribution in [0.2, 0.25) is 0 Å². The van der Waals surface area contributed by atoms with E-state index in [9.17, 15) is 0 Å². The minimum atomic E-state index is 0.305. The summed E-state index contributed by atoms with van der Waals surface area (Å²) in [6.07, 6.45) is 0. The van der Waals surface area contributed by atoms with Gasteiger partial charge in [-0.1, -0.05) is 0 Å². The van der Waals surface area contributed by atoms with Crippen LogP contribution >= 0.6 is 12.2 Å². The van der Waals surface area contributed by atoms with Crippen molar-refractivity contribution in [3.05, 3.63) is 35.3 Å². The van der Waals surface area contributed by atoms with Gasteiger partial charge in [0.15, 0.2) is 0 Å². The number of rotatable bonds is 3. The van der Waals surface area contributed by atoms with Crippen LogP contribution in [0.25, 0.3) is 10.0 Å². The summed E-state index contributed by atoms with van der Waals surface area (Å²) in [6.45, 7) is 0. The summed E-state index contributed by atoms with van der Waals surface area (Å²) in [5.74, 6) is 0.870. The Labute approximate surface area is 111 Å². The summed E-state index contributed by atoms with van der Waals surface area (Å²) in [6, 6.07) is 10.1. The predicted molar refractivity (Wildman–Crippen MR) is 75.8 cm³/mol. The quantitative estimate of drug-likeness (QED) is 0.673. The van der Waals surface area contributed by atoms with E-state index in [0.717, 1.165) is 11.4 Å². The number of nitrogens with two attached hydrogens (primary N) is 1. The molecule has 0 amide bonds. The normalized spacial score (nSPS) is 9.94. The standard InChI is InChI=1S/C12H12N2OSSe/c1-15-10-4-2-8(3-5-10)11-6-9(7-17-11)14-12(13)16/h2-7H,1H3,(H3,13,14,16). The monoisotopic (exact) mass is 312 g/mol. The van der Waals surface area contributed by atoms with E-state index in [1.165, 1.54) is 10.0 Å². The number of hydrogen-bond donors (Lipinski definition) is 2. The Hall–Kier alpha value is -1.29. The van der Waals surface area contributed by atoms with Gasteiger partial charge in [0.05, 0.1) is 0 Å². The molecule has 2 aromatic rings. The van der Waals surface area contributed by atoms with Gasteiger partial charge in [-0.25, -0.2) is 0 Å². The van der Waals surface area contributed by atoms with E-state index in [0.29, 0.717) is 19.6 Å². The summed E-state index contributed by atoms with van der Waals surface area (Å²) >= 11 is 5.13. The molecule has 0 saturated carbocycles. The number of methoxy groups -OCH3 is 1. The second kappa shape index (κ2) is 5.36. The molecule has 1 aromatic heterocycles. The Morgan fingerprint density at radius 1 is 1.35 bits per heavy atom. The first-order chi connectivity index (χ1) is 8.19. The number of anilines is 1. The maximum absolute atomic E-state index is 5.43. The van der Waals surface area contributed by atoms with Gasteiger partial charge in [-0.15, -0.1) is 0 Å². The average Bonchev–Trinajstić information content (AvgIpc) is 2.77. The SMILES string of the molecule is COc1ccc(-c2cc(NC(N)=S)c[se]2)cc1. The molecule has 0 aliphatic rings. The van der Waals surface area contributed by atoms with E-state index in [1.807, 2.05) is 12.1 Å². The summed E-state index contributed by atoms with van der Waals surface area (Å²) < 4.78 is 6.44. The van der Waals surface area contributed by atoms with Crippen LogP contribution in [-0.2, 0) is 0 Å². The number of ether oxygens (including phenoxy) is 1. The van der Waals surface area contributed by atoms with E-state index >= 15 is 0 Å². The van der Waals surface area contributed by atoms with E-state index in [-0.39, 0.29) is 0 Å². The predicted octanol–water partition coefficient (Wildman–Crippen LogP) is 2.07. The van der Waals surface area contributed by atoms with Crippen LogP contribution < -0.4 is 15.8 Å². The van der Waals surface area contributed by atoms with Gasteiger partial charge < -0.3 is 0 Å². The second-order valence-corrected chi connectivity index (χ2v) is 5.77. The number of nitrogens with one attached hydrogen (secondary N) is 1. The van der Waals surface area contributed by atoms with Gasteiger partial charge in [-0.05, 0) is 0 Å². The zero-order chi connectivity index (χ0) is 12.3. The van der Waals surface area contributed by atoms with Crippen molar-refractivity contribution in [1.29, 1.82) is 0 Å². The molecular weight excluding hydrogens is 299 g/mol. The van der Waals surface area contributed by atoms with Gasteiger partial charge in [0.1, 0.15) is 0 Å². The van der Waals surface area contributed by atoms with Crippen LogP contribution in [-0.4, -0.2) is 26.7 Å². The third-order valence-corrected chi connectivity index (χ3v) is 4.40. The van der Waals surface area contributed by atoms with E-state index < -0.39 is 0 Å². The van der Waals surface area contributed by atoms with Crippen molar-refractivity contribution < 1.29 is 4.74 Å². The third-order valence-electron chi connectivity index (χ3n) is 2.24. The van der Waals surface area contributed by atoms with Gasteiger partial charge in [0.25, 0.3) is 0 Å². The molecule has 0 aliphatic carbocycles. The average molecular weight is 311 g/mol. The Kier molecular flexibility index (Phi) is 3.84. The van der Waals surface area contributed by atoms with Crippen molar-refractivity contribution in [1.82, 2.24) is 0 Å². The van der Waals surface area contributed by atoms with E-state index in [2.05, 4.69) is 28.5 Å². The first kappa shape index (κ1) is 12.2. The fourth-order valence-corrected chi connectivity index (χ4v) is 3.35. The van der Waals surface area contributed by atoms with E-state index in [1.54, 1.807) is 7.11 Å². The van der Waals surface area contributed by atoms with Gasteiger partial charge in [0, 0.05) is 0 Å². The molecule has 88 valence electrons. The van der Waals surface area contributed by atoms with Crippen molar-refractivity contribution in [2.45, 2.75) is 0 Å². The van der Waals surface area contributed by atoms with Crippen LogP contribution in [0.3, 0.4) is 0 Å². The summed E-state index contributed by atoms with van der Waals surface area (Å²) in [5, 5.41) is 3.25. The third kappa shape index (κ3) is 3.09. The van der Waals surface area contributed by atoms with Crippen LogP contribution in [0, 0.1) is 0 Å². The van der Waals surface area contributed by atoms with Gasteiger partial charge in [-0.3, -0.25) is 0 Å². The first-order valence-corrected chi connectivity index (χ1v) is 7.24. The zero-order valence-corrected chi connectivity index (χ0v) is 11.8. The Balaban J connectivity index is 2.21. The van der Waals surface area contributed by atoms with Crippen molar-refractivity contribution in [2.75, 3.05) is 12.4 Å². The molecule has 1 aromatic carbocycles. The Bertz CT molecular complexity index is 522. The molecule has 5 heteroatoms. The minimum absolute atomic E-state index is 0.305. The Morgan fingerprint density at radius 2 is 2.06 bits per heavy atom. The van der Waals surface area contributed by atoms with Gasteiger partial charge in [-0.2, -0.15) is 0 Å². The first-order valence-electron chi connectivity index (χ1n) is 4.98. The van der Waals surface area contributed by atoms with Crippen LogP contribution in [0.5, 0.6) is 5.75 Å². The molecule has 0 aliphatic heterocycles. The van der Waals surface area contributed by atoms with Crippen molar-refractivity contribution in [3.8, 4) is 15.8 Å². The van der Waals surface area contributed by atoms with Gasteiger partial charge in [0.2, 0.25) is 0 Å². The molecule has 0 radical (unpaired) electrons. The number of benzene rings is 1. The molecule has 0 spiro atoms. The Morgan fingerprint density at radius 3 is 2.65 bits per heavy atom. The van der Waals surface area contributed by atoms with Crippen LogP contribution in [0.4, 0.5) is 5.69 Å². The fourth-order valence-electron chi connectivity index (χ4n) is 1.45. The maximum atomic E-state index is 5.43. The molecule has 17 heavy (non-hydrogen) atoms. The van der Waals surface area contributed by atoms with Crippen LogP contribution in [0.15, 0.2) is 35.3 Å². The van der Waals surface area contributed by atoms with Crippen molar-refractivity contribution >= 4 is 37.5 Å². The zero-order valence-electron chi connectivity index (χ0n) is 9.27. The topological polar surface area (TPSA) is 47.3 Å². The summed E-state index contributed by atoms with van der Waals surface area (Å²) in [7, 11) is 1.67.